The van der Waals surface area contributed by atoms with E-state index in [1.807, 2.05) is 0 Å². The molecule has 0 bridgehead atoms. The Labute approximate surface area is 154 Å². The van der Waals surface area contributed by atoms with Crippen molar-refractivity contribution in [1.82, 2.24) is 5.32 Å². The van der Waals surface area contributed by atoms with Crippen LogP contribution in [0.1, 0.15) is 23.7 Å². The summed E-state index contributed by atoms with van der Waals surface area (Å²) in [6.45, 7) is 1.74. The summed E-state index contributed by atoms with van der Waals surface area (Å²) in [6.07, 6.45) is 5.25. The number of hydrogen-bond donors (Lipinski definition) is 4. The summed E-state index contributed by atoms with van der Waals surface area (Å²) >= 11 is 0. The van der Waals surface area contributed by atoms with Crippen LogP contribution in [0.3, 0.4) is 0 Å². The molecule has 4 rings (SSSR count). The molecule has 0 saturated heterocycles. The lowest BCUT2D eigenvalue weighted by Gasteiger charge is -2.25. The van der Waals surface area contributed by atoms with Crippen LogP contribution in [0.2, 0.25) is 0 Å². The standard InChI is InChI=1S/C20H17NO6/c1-20(3-2-4-27-20)21-19(25)15-8-14(24)9-17-18(15)16(10-26-17)11-5-12(22)7-13(23)6-11/h2,4-10,22-24H,3H2,1H3,(H,21,25). The SMILES string of the molecule is CC1(NC(=O)c2cc(O)cc3occ(-c4cc(O)cc(O)c4)c23)CC=CO1. The molecule has 1 aliphatic rings. The summed E-state index contributed by atoms with van der Waals surface area (Å²) in [5.41, 5.74) is 0.581. The van der Waals surface area contributed by atoms with Crippen molar-refractivity contribution in [3.63, 3.8) is 0 Å². The number of ether oxygens (including phenoxy) is 1. The Morgan fingerprint density at radius 2 is 1.78 bits per heavy atom. The second-order valence-corrected chi connectivity index (χ2v) is 6.63. The van der Waals surface area contributed by atoms with E-state index in [1.54, 1.807) is 13.0 Å². The van der Waals surface area contributed by atoms with Crippen molar-refractivity contribution in [1.29, 1.82) is 0 Å². The average Bonchev–Trinajstić information content (AvgIpc) is 3.19. The summed E-state index contributed by atoms with van der Waals surface area (Å²) < 4.78 is 10.9. The lowest BCUT2D eigenvalue weighted by molar-refractivity contribution is 0.0269. The van der Waals surface area contributed by atoms with Crippen LogP contribution >= 0.6 is 0 Å². The van der Waals surface area contributed by atoms with Crippen molar-refractivity contribution in [2.45, 2.75) is 19.1 Å². The Kier molecular flexibility index (Phi) is 3.73. The van der Waals surface area contributed by atoms with Crippen molar-refractivity contribution >= 4 is 16.9 Å². The second kappa shape index (κ2) is 5.98. The Morgan fingerprint density at radius 1 is 1.07 bits per heavy atom. The van der Waals surface area contributed by atoms with E-state index in [1.165, 1.54) is 42.9 Å². The number of nitrogens with one attached hydrogen (secondary N) is 1. The Hall–Kier alpha value is -3.61. The lowest BCUT2D eigenvalue weighted by atomic mass is 9.99. The van der Waals surface area contributed by atoms with Gasteiger partial charge in [-0.2, -0.15) is 0 Å². The van der Waals surface area contributed by atoms with E-state index in [2.05, 4.69) is 5.32 Å². The molecular weight excluding hydrogens is 350 g/mol. The lowest BCUT2D eigenvalue weighted by Crippen LogP contribution is -2.45. The number of rotatable bonds is 3. The highest BCUT2D eigenvalue weighted by Gasteiger charge is 2.31. The normalized spacial score (nSPS) is 18.6. The monoisotopic (exact) mass is 367 g/mol. The van der Waals surface area contributed by atoms with Gasteiger partial charge in [-0.05, 0) is 36.8 Å². The van der Waals surface area contributed by atoms with Gasteiger partial charge in [0.05, 0.1) is 18.1 Å². The number of phenols is 3. The van der Waals surface area contributed by atoms with Gasteiger partial charge in [0, 0.05) is 29.5 Å². The van der Waals surface area contributed by atoms with Gasteiger partial charge in [0.25, 0.3) is 5.91 Å². The first-order valence-electron chi connectivity index (χ1n) is 8.28. The fourth-order valence-electron chi connectivity index (χ4n) is 3.20. The number of amides is 1. The third-order valence-corrected chi connectivity index (χ3v) is 4.43. The van der Waals surface area contributed by atoms with E-state index in [0.717, 1.165) is 0 Å². The van der Waals surface area contributed by atoms with Gasteiger partial charge in [-0.15, -0.1) is 0 Å². The topological polar surface area (TPSA) is 112 Å². The highest BCUT2D eigenvalue weighted by Crippen LogP contribution is 2.38. The molecular formula is C20H17NO6. The number of hydrogen-bond acceptors (Lipinski definition) is 6. The molecule has 1 amide bonds. The predicted octanol–water partition coefficient (Wildman–Crippen LogP) is 3.60. The van der Waals surface area contributed by atoms with E-state index in [4.69, 9.17) is 9.15 Å². The maximum absolute atomic E-state index is 12.9. The molecule has 4 N–H and O–H groups in total. The predicted molar refractivity (Wildman–Crippen MR) is 97.4 cm³/mol. The molecule has 7 heteroatoms. The fourth-order valence-corrected chi connectivity index (χ4v) is 3.20. The van der Waals surface area contributed by atoms with E-state index < -0.39 is 11.6 Å². The maximum atomic E-state index is 12.9. The van der Waals surface area contributed by atoms with Crippen molar-refractivity contribution in [3.8, 4) is 28.4 Å². The van der Waals surface area contributed by atoms with Gasteiger partial charge in [0.2, 0.25) is 0 Å². The molecule has 2 heterocycles. The number of furan rings is 1. The van der Waals surface area contributed by atoms with Gasteiger partial charge in [0.1, 0.15) is 22.8 Å². The molecule has 3 aromatic rings. The zero-order valence-corrected chi connectivity index (χ0v) is 14.4. The van der Waals surface area contributed by atoms with E-state index in [9.17, 15) is 20.1 Å². The van der Waals surface area contributed by atoms with E-state index in [0.29, 0.717) is 28.5 Å². The Morgan fingerprint density at radius 3 is 2.44 bits per heavy atom. The number of carbonyl (C=O) groups excluding carboxylic acids is 1. The van der Waals surface area contributed by atoms with Crippen LogP contribution in [0.5, 0.6) is 17.2 Å². The van der Waals surface area contributed by atoms with Crippen LogP contribution in [0, 0.1) is 0 Å². The highest BCUT2D eigenvalue weighted by molar-refractivity contribution is 6.12. The minimum absolute atomic E-state index is 0.122. The number of carbonyl (C=O) groups is 1. The molecule has 1 atom stereocenters. The average molecular weight is 367 g/mol. The molecule has 0 radical (unpaired) electrons. The highest BCUT2D eigenvalue weighted by atomic mass is 16.5. The van der Waals surface area contributed by atoms with Crippen LogP contribution < -0.4 is 5.32 Å². The summed E-state index contributed by atoms with van der Waals surface area (Å²) in [5.74, 6) is -0.818. The zero-order chi connectivity index (χ0) is 19.2. The third kappa shape index (κ3) is 3.03. The first-order valence-corrected chi connectivity index (χ1v) is 8.28. The molecule has 138 valence electrons. The minimum atomic E-state index is -0.873. The van der Waals surface area contributed by atoms with Crippen LogP contribution in [-0.2, 0) is 4.74 Å². The minimum Gasteiger partial charge on any atom is -0.508 e. The van der Waals surface area contributed by atoms with Gasteiger partial charge in [-0.25, -0.2) is 0 Å². The first-order chi connectivity index (χ1) is 12.8. The second-order valence-electron chi connectivity index (χ2n) is 6.63. The van der Waals surface area contributed by atoms with Crippen molar-refractivity contribution < 1.29 is 29.3 Å². The molecule has 1 unspecified atom stereocenters. The summed E-state index contributed by atoms with van der Waals surface area (Å²) in [7, 11) is 0. The third-order valence-electron chi connectivity index (χ3n) is 4.43. The van der Waals surface area contributed by atoms with Crippen LogP contribution in [-0.4, -0.2) is 27.0 Å². The summed E-state index contributed by atoms with van der Waals surface area (Å²) in [4.78, 5) is 12.9. The van der Waals surface area contributed by atoms with E-state index >= 15 is 0 Å². The van der Waals surface area contributed by atoms with Crippen molar-refractivity contribution in [3.05, 3.63) is 54.5 Å². The number of fused-ring (bicyclic) bond motifs is 1. The molecule has 0 aliphatic carbocycles. The Balaban J connectivity index is 1.85. The van der Waals surface area contributed by atoms with Gasteiger partial charge in [0.15, 0.2) is 5.72 Å². The van der Waals surface area contributed by atoms with Gasteiger partial charge >= 0.3 is 0 Å². The molecule has 1 aliphatic heterocycles. The molecule has 27 heavy (non-hydrogen) atoms. The van der Waals surface area contributed by atoms with Gasteiger partial charge in [-0.3, -0.25) is 4.79 Å². The summed E-state index contributed by atoms with van der Waals surface area (Å²) in [5, 5.41) is 32.8. The molecule has 0 saturated carbocycles. The maximum Gasteiger partial charge on any atom is 0.255 e. The number of benzene rings is 2. The van der Waals surface area contributed by atoms with E-state index in [-0.39, 0.29) is 22.8 Å². The molecule has 7 nitrogen and oxygen atoms in total. The zero-order valence-electron chi connectivity index (χ0n) is 14.4. The number of aromatic hydroxyl groups is 3. The molecule has 0 fully saturated rings. The first kappa shape index (κ1) is 16.8. The summed E-state index contributed by atoms with van der Waals surface area (Å²) in [6, 6.07) is 6.84. The molecule has 1 aromatic heterocycles. The van der Waals surface area contributed by atoms with Crippen LogP contribution in [0.15, 0.2) is 53.4 Å². The molecule has 0 spiro atoms. The Bertz CT molecular complexity index is 1050. The van der Waals surface area contributed by atoms with Gasteiger partial charge in [-0.1, -0.05) is 0 Å². The number of phenolic OH excluding ortho intramolecular Hbond substituents is 3. The fraction of sp³-hybridized carbons (Fsp3) is 0.150. The van der Waals surface area contributed by atoms with Crippen molar-refractivity contribution in [2.24, 2.45) is 0 Å². The van der Waals surface area contributed by atoms with Crippen molar-refractivity contribution in [2.75, 3.05) is 0 Å². The van der Waals surface area contributed by atoms with Crippen LogP contribution in [0.4, 0.5) is 0 Å². The van der Waals surface area contributed by atoms with Crippen LogP contribution in [0.25, 0.3) is 22.1 Å². The smallest absolute Gasteiger partial charge is 0.255 e. The largest absolute Gasteiger partial charge is 0.508 e. The molecule has 2 aromatic carbocycles. The quantitative estimate of drug-likeness (QED) is 0.563. The van der Waals surface area contributed by atoms with Gasteiger partial charge < -0.3 is 29.8 Å².